The number of ether oxygens (including phenoxy) is 1. The quantitative estimate of drug-likeness (QED) is 0.577. The van der Waals surface area contributed by atoms with Gasteiger partial charge in [-0.05, 0) is 25.3 Å². The predicted molar refractivity (Wildman–Crippen MR) is 53.8 cm³/mol. The first-order valence-corrected chi connectivity index (χ1v) is 5.06. The van der Waals surface area contributed by atoms with Gasteiger partial charge in [0.15, 0.2) is 0 Å². The maximum absolute atomic E-state index is 5.67. The van der Waals surface area contributed by atoms with E-state index in [-0.39, 0.29) is 0 Å². The summed E-state index contributed by atoms with van der Waals surface area (Å²) in [5, 5.41) is 0. The van der Waals surface area contributed by atoms with Gasteiger partial charge < -0.3 is 10.5 Å². The van der Waals surface area contributed by atoms with Crippen molar-refractivity contribution in [1.29, 1.82) is 0 Å². The van der Waals surface area contributed by atoms with Crippen LogP contribution in [0.15, 0.2) is 23.1 Å². The first-order valence-electron chi connectivity index (χ1n) is 3.83. The molecule has 0 aliphatic carbocycles. The fourth-order valence-electron chi connectivity index (χ4n) is 0.962. The van der Waals surface area contributed by atoms with Gasteiger partial charge in [-0.3, -0.25) is 0 Å². The molecule has 12 heavy (non-hydrogen) atoms. The lowest BCUT2D eigenvalue weighted by Gasteiger charge is -2.05. The Morgan fingerprint density at radius 2 is 2.17 bits per heavy atom. The van der Waals surface area contributed by atoms with E-state index in [2.05, 4.69) is 0 Å². The highest BCUT2D eigenvalue weighted by atomic mass is 32.2. The second-order valence-corrected chi connectivity index (χ2v) is 3.25. The molecule has 0 atom stereocenters. The zero-order valence-electron chi connectivity index (χ0n) is 7.33. The van der Waals surface area contributed by atoms with E-state index in [4.69, 9.17) is 10.5 Å². The maximum Gasteiger partial charge on any atom is 0.122 e. The molecule has 2 N–H and O–H groups in total. The minimum Gasteiger partial charge on any atom is -0.494 e. The molecule has 0 saturated carbocycles. The maximum atomic E-state index is 5.67. The summed E-state index contributed by atoms with van der Waals surface area (Å²) in [6.07, 6.45) is 2.02. The topological polar surface area (TPSA) is 35.2 Å². The molecule has 3 heteroatoms. The van der Waals surface area contributed by atoms with E-state index in [0.29, 0.717) is 6.61 Å². The summed E-state index contributed by atoms with van der Waals surface area (Å²) in [7, 11) is 0. The molecule has 0 saturated heterocycles. The summed E-state index contributed by atoms with van der Waals surface area (Å²) in [6.45, 7) is 2.64. The largest absolute Gasteiger partial charge is 0.494 e. The Bertz CT molecular complexity index is 263. The zero-order valence-corrected chi connectivity index (χ0v) is 8.15. The van der Waals surface area contributed by atoms with E-state index in [1.54, 1.807) is 11.8 Å². The average Bonchev–Trinajstić information content (AvgIpc) is 2.04. The van der Waals surface area contributed by atoms with Gasteiger partial charge in [0.2, 0.25) is 0 Å². The van der Waals surface area contributed by atoms with Crippen molar-refractivity contribution in [2.24, 2.45) is 0 Å². The zero-order chi connectivity index (χ0) is 8.97. The van der Waals surface area contributed by atoms with Crippen molar-refractivity contribution in [2.75, 3.05) is 18.6 Å². The molecular weight excluding hydrogens is 170 g/mol. The molecule has 0 spiro atoms. The van der Waals surface area contributed by atoms with E-state index in [9.17, 15) is 0 Å². The minimum absolute atomic E-state index is 0.678. The van der Waals surface area contributed by atoms with Crippen LogP contribution in [0.1, 0.15) is 6.92 Å². The molecule has 0 unspecified atom stereocenters. The molecule has 1 rings (SSSR count). The normalized spacial score (nSPS) is 9.83. The van der Waals surface area contributed by atoms with Crippen LogP contribution >= 0.6 is 11.8 Å². The molecule has 0 amide bonds. The summed E-state index contributed by atoms with van der Waals surface area (Å²) >= 11 is 1.66. The third kappa shape index (κ3) is 2.34. The molecular formula is C9H13NOS. The highest BCUT2D eigenvalue weighted by Gasteiger charge is 1.97. The fraction of sp³-hybridized carbons (Fsp3) is 0.333. The number of anilines is 1. The van der Waals surface area contributed by atoms with Crippen molar-refractivity contribution in [1.82, 2.24) is 0 Å². The van der Waals surface area contributed by atoms with Gasteiger partial charge >= 0.3 is 0 Å². The molecule has 66 valence electrons. The molecule has 0 aliphatic heterocycles. The summed E-state index contributed by atoms with van der Waals surface area (Å²) in [5.74, 6) is 0.849. The minimum atomic E-state index is 0.678. The number of nitrogens with two attached hydrogens (primary N) is 1. The van der Waals surface area contributed by atoms with Gasteiger partial charge in [-0.15, -0.1) is 11.8 Å². The predicted octanol–water partition coefficient (Wildman–Crippen LogP) is 2.39. The standard InChI is InChI=1S/C9H13NOS/c1-3-11-8-4-7(10)5-9(6-8)12-2/h4-6H,3,10H2,1-2H3. The summed E-state index contributed by atoms with van der Waals surface area (Å²) < 4.78 is 5.34. The number of rotatable bonds is 3. The van der Waals surface area contributed by atoms with E-state index in [1.165, 1.54) is 0 Å². The van der Waals surface area contributed by atoms with Crippen molar-refractivity contribution in [3.63, 3.8) is 0 Å². The Kier molecular flexibility index (Phi) is 3.29. The lowest BCUT2D eigenvalue weighted by Crippen LogP contribution is -1.93. The summed E-state index contributed by atoms with van der Waals surface area (Å²) in [5.41, 5.74) is 6.43. The van der Waals surface area contributed by atoms with Crippen LogP contribution in [-0.2, 0) is 0 Å². The number of thioether (sulfide) groups is 1. The molecule has 0 radical (unpaired) electrons. The van der Waals surface area contributed by atoms with Crippen LogP contribution in [0, 0.1) is 0 Å². The van der Waals surface area contributed by atoms with Crippen LogP contribution < -0.4 is 10.5 Å². The molecule has 1 aromatic rings. The number of nitrogen functional groups attached to an aromatic ring is 1. The molecule has 0 aliphatic rings. The van der Waals surface area contributed by atoms with Gasteiger partial charge in [-0.2, -0.15) is 0 Å². The highest BCUT2D eigenvalue weighted by molar-refractivity contribution is 7.98. The SMILES string of the molecule is CCOc1cc(N)cc(SC)c1. The molecule has 0 bridgehead atoms. The van der Waals surface area contributed by atoms with Crippen LogP contribution in [0.3, 0.4) is 0 Å². The monoisotopic (exact) mass is 183 g/mol. The van der Waals surface area contributed by atoms with Crippen LogP contribution in [0.4, 0.5) is 5.69 Å². The number of benzene rings is 1. The van der Waals surface area contributed by atoms with Gasteiger partial charge in [0.1, 0.15) is 5.75 Å². The lowest BCUT2D eigenvalue weighted by molar-refractivity contribution is 0.339. The van der Waals surface area contributed by atoms with E-state index in [0.717, 1.165) is 16.3 Å². The first-order chi connectivity index (χ1) is 5.76. The third-order valence-corrected chi connectivity index (χ3v) is 2.16. The van der Waals surface area contributed by atoms with Gasteiger partial charge in [-0.25, -0.2) is 0 Å². The molecule has 0 heterocycles. The van der Waals surface area contributed by atoms with Crippen molar-refractivity contribution in [3.8, 4) is 5.75 Å². The van der Waals surface area contributed by atoms with Crippen LogP contribution in [-0.4, -0.2) is 12.9 Å². The second kappa shape index (κ2) is 4.26. The Balaban J connectivity index is 2.90. The van der Waals surface area contributed by atoms with Crippen molar-refractivity contribution < 1.29 is 4.74 Å². The molecule has 0 aromatic heterocycles. The van der Waals surface area contributed by atoms with Gasteiger partial charge in [0, 0.05) is 16.6 Å². The van der Waals surface area contributed by atoms with Crippen molar-refractivity contribution in [2.45, 2.75) is 11.8 Å². The van der Waals surface area contributed by atoms with Gasteiger partial charge in [-0.1, -0.05) is 0 Å². The first kappa shape index (κ1) is 9.26. The fourth-order valence-corrected chi connectivity index (χ4v) is 1.45. The molecule has 0 fully saturated rings. The van der Waals surface area contributed by atoms with Crippen LogP contribution in [0.5, 0.6) is 5.75 Å². The van der Waals surface area contributed by atoms with Crippen LogP contribution in [0.25, 0.3) is 0 Å². The summed E-state index contributed by atoms with van der Waals surface area (Å²) in [4.78, 5) is 1.14. The molecule has 1 aromatic carbocycles. The summed E-state index contributed by atoms with van der Waals surface area (Å²) in [6, 6.07) is 5.76. The lowest BCUT2D eigenvalue weighted by atomic mass is 10.3. The highest BCUT2D eigenvalue weighted by Crippen LogP contribution is 2.24. The Morgan fingerprint density at radius 1 is 1.42 bits per heavy atom. The Hall–Kier alpha value is -0.830. The number of hydrogen-bond donors (Lipinski definition) is 1. The van der Waals surface area contributed by atoms with Crippen LogP contribution in [0.2, 0.25) is 0 Å². The van der Waals surface area contributed by atoms with Gasteiger partial charge in [0.25, 0.3) is 0 Å². The average molecular weight is 183 g/mol. The Morgan fingerprint density at radius 3 is 2.75 bits per heavy atom. The number of hydrogen-bond acceptors (Lipinski definition) is 3. The second-order valence-electron chi connectivity index (χ2n) is 2.37. The molecule has 2 nitrogen and oxygen atoms in total. The Labute approximate surface area is 77.1 Å². The van der Waals surface area contributed by atoms with Crippen molar-refractivity contribution >= 4 is 17.4 Å². The third-order valence-electron chi connectivity index (χ3n) is 1.45. The van der Waals surface area contributed by atoms with E-state index in [1.807, 2.05) is 31.4 Å². The van der Waals surface area contributed by atoms with Gasteiger partial charge in [0.05, 0.1) is 6.61 Å². The van der Waals surface area contributed by atoms with Crippen molar-refractivity contribution in [3.05, 3.63) is 18.2 Å². The van der Waals surface area contributed by atoms with E-state index >= 15 is 0 Å². The van der Waals surface area contributed by atoms with E-state index < -0.39 is 0 Å². The smallest absolute Gasteiger partial charge is 0.122 e.